The summed E-state index contributed by atoms with van der Waals surface area (Å²) in [6.45, 7) is 4.57. The smallest absolute Gasteiger partial charge is 0.0969 e. The van der Waals surface area contributed by atoms with Gasteiger partial charge in [-0.2, -0.15) is 5.10 Å². The lowest BCUT2D eigenvalue weighted by atomic mass is 10.3. The molecule has 0 amide bonds. The summed E-state index contributed by atoms with van der Waals surface area (Å²) in [5, 5.41) is 14.1. The quantitative estimate of drug-likeness (QED) is 0.811. The monoisotopic (exact) mass is 218 g/mol. The Balaban J connectivity index is 2.30. The fraction of sp³-hybridized carbons (Fsp3) is 0.667. The third-order valence-corrected chi connectivity index (χ3v) is 1.82. The second-order valence-electron chi connectivity index (χ2n) is 3.42. The zero-order valence-electron chi connectivity index (χ0n) is 8.35. The molecule has 0 aliphatic carbocycles. The van der Waals surface area contributed by atoms with Gasteiger partial charge < -0.3 is 9.84 Å². The topological polar surface area (TPSA) is 47.3 Å². The van der Waals surface area contributed by atoms with Gasteiger partial charge in [-0.15, -0.1) is 0 Å². The lowest BCUT2D eigenvalue weighted by Crippen LogP contribution is -2.23. The summed E-state index contributed by atoms with van der Waals surface area (Å²) in [4.78, 5) is 0. The minimum absolute atomic E-state index is 0.130. The van der Waals surface area contributed by atoms with Crippen molar-refractivity contribution in [3.05, 3.63) is 17.4 Å². The van der Waals surface area contributed by atoms with Gasteiger partial charge in [-0.25, -0.2) is 0 Å². The molecule has 1 rings (SSSR count). The second kappa shape index (κ2) is 5.34. The Hall–Kier alpha value is -0.580. The Morgan fingerprint density at radius 2 is 2.36 bits per heavy atom. The molecule has 1 N–H and O–H groups in total. The Bertz CT molecular complexity index is 276. The lowest BCUT2D eigenvalue weighted by Gasteiger charge is -2.13. The molecule has 1 heterocycles. The number of aromatic nitrogens is 2. The molecule has 0 aliphatic heterocycles. The number of aliphatic hydroxyl groups excluding tert-OH is 1. The van der Waals surface area contributed by atoms with Crippen LogP contribution in [0.4, 0.5) is 0 Å². The van der Waals surface area contributed by atoms with Crippen LogP contribution in [-0.4, -0.2) is 33.7 Å². The number of rotatable bonds is 5. The van der Waals surface area contributed by atoms with E-state index in [1.807, 2.05) is 13.8 Å². The van der Waals surface area contributed by atoms with Crippen LogP contribution in [0.5, 0.6) is 0 Å². The minimum atomic E-state index is -0.548. The van der Waals surface area contributed by atoms with Crippen LogP contribution in [-0.2, 0) is 11.3 Å². The van der Waals surface area contributed by atoms with Crippen molar-refractivity contribution < 1.29 is 9.84 Å². The second-order valence-corrected chi connectivity index (χ2v) is 3.85. The highest BCUT2D eigenvalue weighted by Gasteiger charge is 2.07. The fourth-order valence-electron chi connectivity index (χ4n) is 1.01. The maximum Gasteiger partial charge on any atom is 0.0969 e. The lowest BCUT2D eigenvalue weighted by molar-refractivity contribution is -0.00201. The molecule has 0 saturated heterocycles. The van der Waals surface area contributed by atoms with E-state index in [1.54, 1.807) is 10.9 Å². The summed E-state index contributed by atoms with van der Waals surface area (Å²) >= 11 is 5.68. The normalized spacial score (nSPS) is 13.5. The van der Waals surface area contributed by atoms with Gasteiger partial charge in [-0.05, 0) is 13.8 Å². The molecular weight excluding hydrogens is 204 g/mol. The molecule has 0 aliphatic rings. The molecule has 0 radical (unpaired) electrons. The van der Waals surface area contributed by atoms with E-state index in [0.29, 0.717) is 18.2 Å². The minimum Gasteiger partial charge on any atom is -0.389 e. The molecule has 0 fully saturated rings. The maximum atomic E-state index is 9.53. The largest absolute Gasteiger partial charge is 0.389 e. The van der Waals surface area contributed by atoms with Crippen LogP contribution in [0.25, 0.3) is 0 Å². The summed E-state index contributed by atoms with van der Waals surface area (Å²) < 4.78 is 6.85. The molecule has 1 unspecified atom stereocenters. The highest BCUT2D eigenvalue weighted by atomic mass is 35.5. The van der Waals surface area contributed by atoms with Crippen molar-refractivity contribution in [1.82, 2.24) is 9.78 Å². The van der Waals surface area contributed by atoms with E-state index >= 15 is 0 Å². The van der Waals surface area contributed by atoms with E-state index in [0.717, 1.165) is 0 Å². The molecule has 1 aromatic heterocycles. The Morgan fingerprint density at radius 3 is 2.86 bits per heavy atom. The first-order valence-electron chi connectivity index (χ1n) is 4.55. The number of hydrogen-bond donors (Lipinski definition) is 1. The predicted octanol–water partition coefficient (Wildman–Crippen LogP) is 1.32. The van der Waals surface area contributed by atoms with Crippen molar-refractivity contribution in [3.63, 3.8) is 0 Å². The van der Waals surface area contributed by atoms with E-state index in [2.05, 4.69) is 5.10 Å². The van der Waals surface area contributed by atoms with Crippen molar-refractivity contribution in [1.29, 1.82) is 0 Å². The highest BCUT2D eigenvalue weighted by molar-refractivity contribution is 6.30. The third-order valence-electron chi connectivity index (χ3n) is 1.62. The van der Waals surface area contributed by atoms with E-state index in [-0.39, 0.29) is 6.10 Å². The van der Waals surface area contributed by atoms with Gasteiger partial charge >= 0.3 is 0 Å². The zero-order chi connectivity index (χ0) is 10.6. The molecule has 80 valence electrons. The van der Waals surface area contributed by atoms with Crippen LogP contribution in [0.15, 0.2) is 12.4 Å². The van der Waals surface area contributed by atoms with Crippen LogP contribution in [0.3, 0.4) is 0 Å². The van der Waals surface area contributed by atoms with Crippen LogP contribution in [0, 0.1) is 0 Å². The average Bonchev–Trinajstić information content (AvgIpc) is 2.48. The Labute approximate surface area is 88.4 Å². The van der Waals surface area contributed by atoms with Crippen molar-refractivity contribution in [2.45, 2.75) is 32.6 Å². The van der Waals surface area contributed by atoms with Gasteiger partial charge in [0.2, 0.25) is 0 Å². The van der Waals surface area contributed by atoms with Crippen molar-refractivity contribution in [3.8, 4) is 0 Å². The first kappa shape index (κ1) is 11.5. The Morgan fingerprint density at radius 1 is 1.64 bits per heavy atom. The summed E-state index contributed by atoms with van der Waals surface area (Å²) in [5.74, 6) is 0. The Kier molecular flexibility index (Phi) is 4.38. The van der Waals surface area contributed by atoms with Gasteiger partial charge in [-0.3, -0.25) is 4.68 Å². The first-order chi connectivity index (χ1) is 6.58. The summed E-state index contributed by atoms with van der Waals surface area (Å²) in [6, 6.07) is 0. The van der Waals surface area contributed by atoms with Crippen LogP contribution in [0.2, 0.25) is 5.02 Å². The summed E-state index contributed by atoms with van der Waals surface area (Å²) in [5.41, 5.74) is 0. The molecular formula is C9H15ClN2O2. The van der Waals surface area contributed by atoms with Gasteiger partial charge in [0.15, 0.2) is 0 Å². The van der Waals surface area contributed by atoms with Gasteiger partial charge in [0.05, 0.1) is 36.6 Å². The van der Waals surface area contributed by atoms with Gasteiger partial charge in [0, 0.05) is 6.20 Å². The number of ether oxygens (including phenoxy) is 1. The standard InChI is InChI=1S/C9H15ClN2O2/c1-7(2)14-6-9(13)5-12-4-8(10)3-11-12/h3-4,7,9,13H,5-6H2,1-2H3. The summed E-state index contributed by atoms with van der Waals surface area (Å²) in [7, 11) is 0. The SMILES string of the molecule is CC(C)OCC(O)Cn1cc(Cl)cn1. The molecule has 0 bridgehead atoms. The van der Waals surface area contributed by atoms with Crippen molar-refractivity contribution in [2.24, 2.45) is 0 Å². The number of nitrogens with zero attached hydrogens (tertiary/aromatic N) is 2. The maximum absolute atomic E-state index is 9.53. The number of hydrogen-bond acceptors (Lipinski definition) is 3. The van der Waals surface area contributed by atoms with Crippen LogP contribution < -0.4 is 0 Å². The fourth-order valence-corrected chi connectivity index (χ4v) is 1.17. The molecule has 1 aromatic rings. The first-order valence-corrected chi connectivity index (χ1v) is 4.93. The third kappa shape index (κ3) is 4.09. The van der Waals surface area contributed by atoms with Gasteiger partial charge in [0.1, 0.15) is 0 Å². The van der Waals surface area contributed by atoms with E-state index in [4.69, 9.17) is 16.3 Å². The van der Waals surface area contributed by atoms with Crippen molar-refractivity contribution in [2.75, 3.05) is 6.61 Å². The summed E-state index contributed by atoms with van der Waals surface area (Å²) in [6.07, 6.45) is 2.79. The van der Waals surface area contributed by atoms with E-state index in [9.17, 15) is 5.11 Å². The number of halogens is 1. The molecule has 0 saturated carbocycles. The molecule has 14 heavy (non-hydrogen) atoms. The number of aliphatic hydroxyl groups is 1. The van der Waals surface area contributed by atoms with Crippen molar-refractivity contribution >= 4 is 11.6 Å². The molecule has 5 heteroatoms. The predicted molar refractivity (Wildman–Crippen MR) is 54.3 cm³/mol. The van der Waals surface area contributed by atoms with Gasteiger partial charge in [-0.1, -0.05) is 11.6 Å². The molecule has 4 nitrogen and oxygen atoms in total. The molecule has 0 spiro atoms. The van der Waals surface area contributed by atoms with E-state index in [1.165, 1.54) is 6.20 Å². The molecule has 1 atom stereocenters. The van der Waals surface area contributed by atoms with Gasteiger partial charge in [0.25, 0.3) is 0 Å². The average molecular weight is 219 g/mol. The van der Waals surface area contributed by atoms with Crippen LogP contribution >= 0.6 is 11.6 Å². The van der Waals surface area contributed by atoms with E-state index < -0.39 is 6.10 Å². The van der Waals surface area contributed by atoms with Crippen LogP contribution in [0.1, 0.15) is 13.8 Å². The highest BCUT2D eigenvalue weighted by Crippen LogP contribution is 2.05. The zero-order valence-corrected chi connectivity index (χ0v) is 9.11. The molecule has 0 aromatic carbocycles.